The van der Waals surface area contributed by atoms with Gasteiger partial charge in [-0.1, -0.05) is 307 Å². The van der Waals surface area contributed by atoms with Crippen LogP contribution >= 0.6 is 0 Å². The fourth-order valence-corrected chi connectivity index (χ4v) is 9.79. The molecule has 6 nitrogen and oxygen atoms in total. The minimum atomic E-state index is -0.777. The average molecular weight is 1050 g/mol. The van der Waals surface area contributed by atoms with Gasteiger partial charge >= 0.3 is 17.9 Å². The fourth-order valence-electron chi connectivity index (χ4n) is 9.79. The summed E-state index contributed by atoms with van der Waals surface area (Å²) in [7, 11) is 0. The van der Waals surface area contributed by atoms with Crippen LogP contribution in [0.15, 0.2) is 48.6 Å². The third kappa shape index (κ3) is 62.1. The number of carbonyl (C=O) groups is 3. The molecule has 438 valence electrons. The largest absolute Gasteiger partial charge is 0.462 e. The summed E-state index contributed by atoms with van der Waals surface area (Å²) in [6, 6.07) is 0. The summed E-state index contributed by atoms with van der Waals surface area (Å²) in [5, 5.41) is 0. The lowest BCUT2D eigenvalue weighted by molar-refractivity contribution is -0.167. The van der Waals surface area contributed by atoms with Crippen LogP contribution in [0.1, 0.15) is 355 Å². The van der Waals surface area contributed by atoms with Gasteiger partial charge in [-0.15, -0.1) is 0 Å². The molecule has 0 spiro atoms. The second kappa shape index (κ2) is 63.9. The van der Waals surface area contributed by atoms with Gasteiger partial charge in [0.25, 0.3) is 0 Å². The maximum absolute atomic E-state index is 12.9. The van der Waals surface area contributed by atoms with Gasteiger partial charge in [-0.3, -0.25) is 14.4 Å². The quantitative estimate of drug-likeness (QED) is 0.0261. The minimum Gasteiger partial charge on any atom is -0.462 e. The van der Waals surface area contributed by atoms with Gasteiger partial charge in [0, 0.05) is 19.3 Å². The van der Waals surface area contributed by atoms with E-state index in [1.807, 2.05) is 0 Å². The Bertz CT molecular complexity index is 1300. The van der Waals surface area contributed by atoms with Gasteiger partial charge < -0.3 is 14.2 Å². The summed E-state index contributed by atoms with van der Waals surface area (Å²) >= 11 is 0. The Labute approximate surface area is 467 Å². The summed E-state index contributed by atoms with van der Waals surface area (Å²) in [4.78, 5) is 38.3. The predicted octanol–water partition coefficient (Wildman–Crippen LogP) is 22.6. The van der Waals surface area contributed by atoms with Gasteiger partial charge in [0.2, 0.25) is 0 Å². The van der Waals surface area contributed by atoms with Crippen LogP contribution in [-0.4, -0.2) is 37.2 Å². The smallest absolute Gasteiger partial charge is 0.306 e. The number of rotatable bonds is 61. The number of unbranched alkanes of at least 4 members (excludes halogenated alkanes) is 42. The molecule has 0 saturated heterocycles. The maximum Gasteiger partial charge on any atom is 0.306 e. The van der Waals surface area contributed by atoms with Crippen LogP contribution in [-0.2, 0) is 28.6 Å². The molecule has 0 bridgehead atoms. The standard InChI is InChI=1S/C69H126O6/c1-4-7-10-13-16-19-22-25-28-30-31-32-33-34-35-36-37-38-39-40-42-44-47-50-53-56-59-62-68(71)74-65-66(64-73-67(70)61-58-55-52-49-46-43-27-24-21-18-15-12-9-6-3)75-69(72)63-60-57-54-51-48-45-41-29-26-23-20-17-14-11-8-5-2/h15,18,22,24-25,27,30-31,66H,4-14,16-17,19-21,23,26,28-29,32-65H2,1-3H3/b18-15-,25-22-,27-24-,31-30-. The average Bonchev–Trinajstić information content (AvgIpc) is 3.41. The molecular formula is C69H126O6. The van der Waals surface area contributed by atoms with Crippen LogP contribution in [0.5, 0.6) is 0 Å². The van der Waals surface area contributed by atoms with Crippen molar-refractivity contribution < 1.29 is 28.6 Å². The molecule has 0 fully saturated rings. The Hall–Kier alpha value is -2.63. The molecule has 0 aromatic carbocycles. The number of hydrogen-bond donors (Lipinski definition) is 0. The van der Waals surface area contributed by atoms with Gasteiger partial charge in [-0.05, 0) is 77.0 Å². The van der Waals surface area contributed by atoms with E-state index < -0.39 is 6.10 Å². The van der Waals surface area contributed by atoms with Crippen LogP contribution in [0, 0.1) is 0 Å². The topological polar surface area (TPSA) is 78.9 Å². The van der Waals surface area contributed by atoms with Crippen molar-refractivity contribution in [3.05, 3.63) is 48.6 Å². The Morgan fingerprint density at radius 1 is 0.267 bits per heavy atom. The van der Waals surface area contributed by atoms with Crippen LogP contribution in [0.2, 0.25) is 0 Å². The third-order valence-corrected chi connectivity index (χ3v) is 14.8. The van der Waals surface area contributed by atoms with Crippen molar-refractivity contribution in [2.24, 2.45) is 0 Å². The lowest BCUT2D eigenvalue weighted by Crippen LogP contribution is -2.30. The number of allylic oxidation sites excluding steroid dienone is 8. The third-order valence-electron chi connectivity index (χ3n) is 14.8. The number of carbonyl (C=O) groups excluding carboxylic acids is 3. The van der Waals surface area contributed by atoms with E-state index in [-0.39, 0.29) is 31.1 Å². The number of ether oxygens (including phenoxy) is 3. The molecule has 0 amide bonds. The van der Waals surface area contributed by atoms with Crippen molar-refractivity contribution in [1.82, 2.24) is 0 Å². The predicted molar refractivity (Wildman–Crippen MR) is 325 cm³/mol. The molecule has 0 aliphatic carbocycles. The summed E-state index contributed by atoms with van der Waals surface area (Å²) in [6.45, 7) is 6.63. The first-order valence-electron chi connectivity index (χ1n) is 33.1. The zero-order valence-corrected chi connectivity index (χ0v) is 50.3. The van der Waals surface area contributed by atoms with Crippen molar-refractivity contribution in [1.29, 1.82) is 0 Å². The van der Waals surface area contributed by atoms with Crippen molar-refractivity contribution in [2.45, 2.75) is 361 Å². The lowest BCUT2D eigenvalue weighted by atomic mass is 10.0. The molecule has 0 aromatic heterocycles. The number of esters is 3. The molecular weight excluding hydrogens is 925 g/mol. The second-order valence-electron chi connectivity index (χ2n) is 22.4. The first-order valence-corrected chi connectivity index (χ1v) is 33.1. The van der Waals surface area contributed by atoms with Crippen molar-refractivity contribution in [2.75, 3.05) is 13.2 Å². The maximum atomic E-state index is 12.9. The summed E-state index contributed by atoms with van der Waals surface area (Å²) in [6.07, 6.45) is 79.8. The zero-order valence-electron chi connectivity index (χ0n) is 50.3. The molecule has 0 N–H and O–H groups in total. The SMILES string of the molecule is CCCC/C=C\C/C=C\CCCCCCCC(=O)OCC(COC(=O)CCCCCCCCCCCCCCCCC/C=C\C/C=C\CCCCCCC)OC(=O)CCCCCCCCCCCCCCCCCC. The normalized spacial score (nSPS) is 12.3. The van der Waals surface area contributed by atoms with Crippen LogP contribution in [0.4, 0.5) is 0 Å². The Balaban J connectivity index is 4.23. The summed E-state index contributed by atoms with van der Waals surface area (Å²) < 4.78 is 16.9. The molecule has 0 rings (SSSR count). The molecule has 6 heteroatoms. The molecule has 0 heterocycles. The van der Waals surface area contributed by atoms with E-state index in [1.165, 1.54) is 231 Å². The highest BCUT2D eigenvalue weighted by Gasteiger charge is 2.19. The van der Waals surface area contributed by atoms with Gasteiger partial charge in [-0.25, -0.2) is 0 Å². The molecule has 0 aliphatic rings. The fraction of sp³-hybridized carbons (Fsp3) is 0.841. The molecule has 0 saturated carbocycles. The van der Waals surface area contributed by atoms with Crippen LogP contribution in [0.3, 0.4) is 0 Å². The zero-order chi connectivity index (χ0) is 54.3. The second-order valence-corrected chi connectivity index (χ2v) is 22.4. The highest BCUT2D eigenvalue weighted by molar-refractivity contribution is 5.71. The van der Waals surface area contributed by atoms with Gasteiger partial charge in [0.15, 0.2) is 6.10 Å². The molecule has 0 radical (unpaired) electrons. The molecule has 75 heavy (non-hydrogen) atoms. The molecule has 1 atom stereocenters. The van der Waals surface area contributed by atoms with E-state index in [0.29, 0.717) is 19.3 Å². The Morgan fingerprint density at radius 2 is 0.493 bits per heavy atom. The monoisotopic (exact) mass is 1050 g/mol. The van der Waals surface area contributed by atoms with E-state index in [1.54, 1.807) is 0 Å². The lowest BCUT2D eigenvalue weighted by Gasteiger charge is -2.18. The summed E-state index contributed by atoms with van der Waals surface area (Å²) in [5.41, 5.74) is 0. The van der Waals surface area contributed by atoms with Crippen molar-refractivity contribution in [3.63, 3.8) is 0 Å². The van der Waals surface area contributed by atoms with Crippen molar-refractivity contribution in [3.8, 4) is 0 Å². The minimum absolute atomic E-state index is 0.0734. The van der Waals surface area contributed by atoms with Gasteiger partial charge in [0.05, 0.1) is 0 Å². The van der Waals surface area contributed by atoms with E-state index in [9.17, 15) is 14.4 Å². The highest BCUT2D eigenvalue weighted by atomic mass is 16.6. The van der Waals surface area contributed by atoms with E-state index >= 15 is 0 Å². The van der Waals surface area contributed by atoms with Gasteiger partial charge in [-0.2, -0.15) is 0 Å². The van der Waals surface area contributed by atoms with E-state index in [0.717, 1.165) is 83.5 Å². The van der Waals surface area contributed by atoms with Crippen LogP contribution in [0.25, 0.3) is 0 Å². The molecule has 1 unspecified atom stereocenters. The Morgan fingerprint density at radius 3 is 0.773 bits per heavy atom. The van der Waals surface area contributed by atoms with Gasteiger partial charge in [0.1, 0.15) is 13.2 Å². The Kier molecular flexibility index (Phi) is 61.7. The molecule has 0 aromatic rings. The van der Waals surface area contributed by atoms with Crippen molar-refractivity contribution >= 4 is 17.9 Å². The molecule has 0 aliphatic heterocycles. The first kappa shape index (κ1) is 72.4. The van der Waals surface area contributed by atoms with E-state index in [4.69, 9.17) is 14.2 Å². The first-order chi connectivity index (χ1) is 37.0. The number of hydrogen-bond acceptors (Lipinski definition) is 6. The van der Waals surface area contributed by atoms with Crippen LogP contribution < -0.4 is 0 Å². The summed E-state index contributed by atoms with van der Waals surface area (Å²) in [5.74, 6) is -0.865. The van der Waals surface area contributed by atoms with E-state index in [2.05, 4.69) is 69.4 Å². The highest BCUT2D eigenvalue weighted by Crippen LogP contribution is 2.18.